The summed E-state index contributed by atoms with van der Waals surface area (Å²) in [7, 11) is 0. The number of carbonyl (C=O) groups excluding carboxylic acids is 2. The minimum atomic E-state index is -1.04. The second-order valence-electron chi connectivity index (χ2n) is 6.51. The zero-order valence-electron chi connectivity index (χ0n) is 16.0. The molecule has 0 unspecified atom stereocenters. The number of nitriles is 1. The van der Waals surface area contributed by atoms with Crippen LogP contribution in [0.25, 0.3) is 17.0 Å². The predicted molar refractivity (Wildman–Crippen MR) is 110 cm³/mol. The van der Waals surface area contributed by atoms with Gasteiger partial charge in [0, 0.05) is 40.8 Å². The monoisotopic (exact) mass is 403 g/mol. The van der Waals surface area contributed by atoms with Crippen molar-refractivity contribution in [2.75, 3.05) is 0 Å². The van der Waals surface area contributed by atoms with Crippen LogP contribution in [0.3, 0.4) is 0 Å². The van der Waals surface area contributed by atoms with Crippen molar-refractivity contribution in [3.05, 3.63) is 81.0 Å². The molecule has 0 bridgehead atoms. The Labute approximate surface area is 171 Å². The molecular formula is C21H17N5O4. The number of non-ortho nitro benzene ring substituents is 1. The molecule has 0 aliphatic rings. The Balaban J connectivity index is 2.08. The van der Waals surface area contributed by atoms with Crippen LogP contribution in [0.4, 0.5) is 10.5 Å². The number of fused-ring (bicyclic) bond motifs is 1. The van der Waals surface area contributed by atoms with Crippen molar-refractivity contribution in [2.24, 2.45) is 5.73 Å². The Morgan fingerprint density at radius 1 is 1.23 bits per heavy atom. The fraction of sp³-hybridized carbons (Fsp3) is 0.0952. The molecule has 1 aromatic heterocycles. The van der Waals surface area contributed by atoms with E-state index in [4.69, 9.17) is 5.73 Å². The molecule has 0 atom stereocenters. The summed E-state index contributed by atoms with van der Waals surface area (Å²) in [5, 5.41) is 22.9. The Morgan fingerprint density at radius 2 is 1.90 bits per heavy atom. The second-order valence-corrected chi connectivity index (χ2v) is 6.51. The fourth-order valence-electron chi connectivity index (χ4n) is 3.22. The van der Waals surface area contributed by atoms with Crippen molar-refractivity contribution in [1.82, 2.24) is 9.88 Å². The van der Waals surface area contributed by atoms with E-state index in [2.05, 4.69) is 0 Å². The van der Waals surface area contributed by atoms with Crippen LogP contribution in [0, 0.1) is 28.4 Å². The summed E-state index contributed by atoms with van der Waals surface area (Å²) in [5.41, 5.74) is 7.88. The molecule has 3 N–H and O–H groups in total. The van der Waals surface area contributed by atoms with E-state index in [1.165, 1.54) is 18.2 Å². The van der Waals surface area contributed by atoms with Crippen molar-refractivity contribution >= 4 is 34.6 Å². The van der Waals surface area contributed by atoms with Crippen LogP contribution in [0.2, 0.25) is 0 Å². The number of nitrogens with two attached hydrogens (primary N) is 1. The van der Waals surface area contributed by atoms with Gasteiger partial charge in [0.15, 0.2) is 0 Å². The van der Waals surface area contributed by atoms with Gasteiger partial charge >= 0.3 is 6.03 Å². The normalized spacial score (nSPS) is 11.1. The number of urea groups is 1. The largest absolute Gasteiger partial charge is 0.351 e. The van der Waals surface area contributed by atoms with Crippen molar-refractivity contribution in [3.8, 4) is 6.07 Å². The Bertz CT molecular complexity index is 1230. The fourth-order valence-corrected chi connectivity index (χ4v) is 3.22. The van der Waals surface area contributed by atoms with Gasteiger partial charge in [0.25, 0.3) is 11.6 Å². The van der Waals surface area contributed by atoms with Gasteiger partial charge in [-0.25, -0.2) is 4.79 Å². The SMILES string of the molecule is Cc1c(/C=C(/C#N)C(=O)NC(N)=O)c2ccccc2n1Cc1ccc([N+](=O)[O-])cc1. The Kier molecular flexibility index (Phi) is 5.60. The van der Waals surface area contributed by atoms with Crippen LogP contribution in [-0.2, 0) is 11.3 Å². The van der Waals surface area contributed by atoms with E-state index in [1.807, 2.05) is 41.1 Å². The molecule has 0 saturated carbocycles. The van der Waals surface area contributed by atoms with Gasteiger partial charge in [-0.05, 0) is 24.6 Å². The molecule has 0 spiro atoms. The maximum atomic E-state index is 12.1. The molecular weight excluding hydrogens is 386 g/mol. The van der Waals surface area contributed by atoms with Crippen LogP contribution in [0.1, 0.15) is 16.8 Å². The van der Waals surface area contributed by atoms with Crippen molar-refractivity contribution in [2.45, 2.75) is 13.5 Å². The van der Waals surface area contributed by atoms with Gasteiger partial charge in [0.05, 0.1) is 4.92 Å². The first-order chi connectivity index (χ1) is 14.3. The van der Waals surface area contributed by atoms with E-state index < -0.39 is 16.9 Å². The summed E-state index contributed by atoms with van der Waals surface area (Å²) < 4.78 is 1.99. The summed E-state index contributed by atoms with van der Waals surface area (Å²) >= 11 is 0. The average molecular weight is 403 g/mol. The predicted octanol–water partition coefficient (Wildman–Crippen LogP) is 3.01. The number of hydrogen-bond acceptors (Lipinski definition) is 5. The number of para-hydroxylation sites is 1. The van der Waals surface area contributed by atoms with E-state index in [1.54, 1.807) is 18.2 Å². The number of benzene rings is 2. The maximum Gasteiger partial charge on any atom is 0.319 e. The minimum Gasteiger partial charge on any atom is -0.351 e. The highest BCUT2D eigenvalue weighted by Crippen LogP contribution is 2.29. The highest BCUT2D eigenvalue weighted by atomic mass is 16.6. The van der Waals surface area contributed by atoms with Gasteiger partial charge in [0.2, 0.25) is 0 Å². The number of hydrogen-bond donors (Lipinski definition) is 2. The van der Waals surface area contributed by atoms with E-state index in [9.17, 15) is 25.0 Å². The molecule has 0 radical (unpaired) electrons. The van der Waals surface area contributed by atoms with Crippen LogP contribution in [0.15, 0.2) is 54.1 Å². The molecule has 0 aliphatic carbocycles. The quantitative estimate of drug-likeness (QED) is 0.291. The molecule has 3 aromatic rings. The maximum absolute atomic E-state index is 12.1. The molecule has 3 amide bonds. The van der Waals surface area contributed by atoms with Gasteiger partial charge in [-0.1, -0.05) is 30.3 Å². The number of aromatic nitrogens is 1. The molecule has 1 heterocycles. The number of nitrogens with one attached hydrogen (secondary N) is 1. The number of nitro benzene ring substituents is 1. The van der Waals surface area contributed by atoms with Gasteiger partial charge in [-0.2, -0.15) is 5.26 Å². The standard InChI is InChI=1S/C21H17N5O4/c1-13-18(10-15(11-22)20(27)24-21(23)28)17-4-2-3-5-19(17)25(13)12-14-6-8-16(9-7-14)26(29)30/h2-10H,12H2,1H3,(H3,23,24,27,28)/b15-10-. The lowest BCUT2D eigenvalue weighted by molar-refractivity contribution is -0.384. The van der Waals surface area contributed by atoms with Crippen molar-refractivity contribution < 1.29 is 14.5 Å². The number of primary amides is 1. The number of carbonyl (C=O) groups is 2. The number of imide groups is 1. The topological polar surface area (TPSA) is 144 Å². The highest BCUT2D eigenvalue weighted by Gasteiger charge is 2.17. The van der Waals surface area contributed by atoms with Crippen LogP contribution in [0.5, 0.6) is 0 Å². The first-order valence-corrected chi connectivity index (χ1v) is 8.85. The summed E-state index contributed by atoms with van der Waals surface area (Å²) in [6.45, 7) is 2.28. The molecule has 9 heteroatoms. The molecule has 30 heavy (non-hydrogen) atoms. The first kappa shape index (κ1) is 20.3. The van der Waals surface area contributed by atoms with Gasteiger partial charge in [-0.15, -0.1) is 0 Å². The van der Waals surface area contributed by atoms with Crippen LogP contribution >= 0.6 is 0 Å². The van der Waals surface area contributed by atoms with Gasteiger partial charge in [-0.3, -0.25) is 20.2 Å². The summed E-state index contributed by atoms with van der Waals surface area (Å²) in [5.74, 6) is -0.878. The number of nitro groups is 1. The molecule has 2 aromatic carbocycles. The number of amides is 3. The smallest absolute Gasteiger partial charge is 0.319 e. The van der Waals surface area contributed by atoms with E-state index in [0.717, 1.165) is 22.2 Å². The van der Waals surface area contributed by atoms with Crippen LogP contribution < -0.4 is 11.1 Å². The average Bonchev–Trinajstić information content (AvgIpc) is 2.97. The Hall–Kier alpha value is -4.45. The molecule has 3 rings (SSSR count). The summed E-state index contributed by atoms with van der Waals surface area (Å²) in [4.78, 5) is 33.4. The molecule has 0 fully saturated rings. The summed E-state index contributed by atoms with van der Waals surface area (Å²) in [6.07, 6.45) is 1.42. The van der Waals surface area contributed by atoms with E-state index >= 15 is 0 Å². The zero-order valence-corrected chi connectivity index (χ0v) is 16.0. The van der Waals surface area contributed by atoms with E-state index in [0.29, 0.717) is 12.1 Å². The number of nitrogens with zero attached hydrogens (tertiary/aromatic N) is 3. The van der Waals surface area contributed by atoms with Crippen LogP contribution in [-0.4, -0.2) is 21.4 Å². The third-order valence-corrected chi connectivity index (χ3v) is 4.66. The molecule has 0 aliphatic heterocycles. The number of rotatable bonds is 5. The molecule has 0 saturated heterocycles. The Morgan fingerprint density at radius 3 is 2.50 bits per heavy atom. The molecule has 9 nitrogen and oxygen atoms in total. The van der Waals surface area contributed by atoms with Gasteiger partial charge in [0.1, 0.15) is 11.6 Å². The third-order valence-electron chi connectivity index (χ3n) is 4.66. The minimum absolute atomic E-state index is 0.00980. The van der Waals surface area contributed by atoms with E-state index in [-0.39, 0.29) is 11.3 Å². The lowest BCUT2D eigenvalue weighted by Gasteiger charge is -2.09. The van der Waals surface area contributed by atoms with Crippen molar-refractivity contribution in [3.63, 3.8) is 0 Å². The lowest BCUT2D eigenvalue weighted by Crippen LogP contribution is -2.35. The highest BCUT2D eigenvalue weighted by molar-refractivity contribution is 6.10. The first-order valence-electron chi connectivity index (χ1n) is 8.85. The zero-order chi connectivity index (χ0) is 21.8. The van der Waals surface area contributed by atoms with Gasteiger partial charge < -0.3 is 10.3 Å². The molecule has 150 valence electrons. The third kappa shape index (κ3) is 4.02. The van der Waals surface area contributed by atoms with Crippen molar-refractivity contribution in [1.29, 1.82) is 5.26 Å². The summed E-state index contributed by atoms with van der Waals surface area (Å²) in [6, 6.07) is 14.5. The second kappa shape index (κ2) is 8.28. The lowest BCUT2D eigenvalue weighted by atomic mass is 10.1.